The van der Waals surface area contributed by atoms with E-state index in [1.54, 1.807) is 0 Å². The Morgan fingerprint density at radius 3 is 2.80 bits per heavy atom. The van der Waals surface area contributed by atoms with Crippen LogP contribution in [0.4, 0.5) is 0 Å². The van der Waals surface area contributed by atoms with Crippen LogP contribution in [-0.4, -0.2) is 12.4 Å². The monoisotopic (exact) mass is 204 g/mol. The van der Waals surface area contributed by atoms with E-state index in [-0.39, 0.29) is 0 Å². The largest absolute Gasteiger partial charge is 0.271 e. The number of hydrogen-bond acceptors (Lipinski definition) is 3. The lowest BCUT2D eigenvalue weighted by Gasteiger charge is -2.13. The molecule has 3 nitrogen and oxygen atoms in total. The maximum Gasteiger partial charge on any atom is 0.120 e. The zero-order valence-electron chi connectivity index (χ0n) is 8.78. The maximum absolute atomic E-state index is 5.38. The molecule has 0 bridgehead atoms. The van der Waals surface area contributed by atoms with Gasteiger partial charge in [0.1, 0.15) is 5.84 Å². The minimum Gasteiger partial charge on any atom is -0.271 e. The first-order valence-electron chi connectivity index (χ1n) is 5.40. The summed E-state index contributed by atoms with van der Waals surface area (Å²) in [5.41, 5.74) is 4.09. The average molecular weight is 204 g/mol. The second-order valence-electron chi connectivity index (χ2n) is 3.66. The zero-order chi connectivity index (χ0) is 10.3. The van der Waals surface area contributed by atoms with Gasteiger partial charge < -0.3 is 0 Å². The Bertz CT molecular complexity index is 322. The fraction of sp³-hybridized carbons (Fsp3) is 0.417. The van der Waals surface area contributed by atoms with Crippen molar-refractivity contribution < 1.29 is 4.84 Å². The van der Waals surface area contributed by atoms with Crippen molar-refractivity contribution >= 4 is 5.84 Å². The maximum atomic E-state index is 5.38. The number of hydrogen-bond donors (Lipinski definition) is 1. The van der Waals surface area contributed by atoms with Crippen LogP contribution in [0.25, 0.3) is 0 Å². The topological polar surface area (TPSA) is 33.6 Å². The summed E-state index contributed by atoms with van der Waals surface area (Å²) >= 11 is 0. The number of rotatable bonds is 3. The van der Waals surface area contributed by atoms with Gasteiger partial charge in [0.15, 0.2) is 0 Å². The molecule has 0 spiro atoms. The van der Waals surface area contributed by atoms with Gasteiger partial charge in [-0.05, 0) is 18.4 Å². The Balaban J connectivity index is 1.73. The average Bonchev–Trinajstić information content (AvgIpc) is 2.32. The molecule has 0 amide bonds. The van der Waals surface area contributed by atoms with Gasteiger partial charge in [-0.2, -0.15) is 0 Å². The van der Waals surface area contributed by atoms with Crippen LogP contribution < -0.4 is 5.48 Å². The number of hydroxylamine groups is 1. The van der Waals surface area contributed by atoms with Gasteiger partial charge in [0.2, 0.25) is 0 Å². The van der Waals surface area contributed by atoms with Crippen molar-refractivity contribution in [2.45, 2.75) is 25.9 Å². The lowest BCUT2D eigenvalue weighted by atomic mass is 10.2. The van der Waals surface area contributed by atoms with E-state index >= 15 is 0 Å². The Labute approximate surface area is 90.1 Å². The highest BCUT2D eigenvalue weighted by Crippen LogP contribution is 2.04. The van der Waals surface area contributed by atoms with Crippen LogP contribution in [0.1, 0.15) is 24.8 Å². The molecule has 2 rings (SSSR count). The molecule has 0 aliphatic carbocycles. The highest BCUT2D eigenvalue weighted by molar-refractivity contribution is 5.81. The summed E-state index contributed by atoms with van der Waals surface area (Å²) in [6.07, 6.45) is 3.42. The second-order valence-corrected chi connectivity index (χ2v) is 3.66. The van der Waals surface area contributed by atoms with E-state index in [1.807, 2.05) is 30.3 Å². The molecular weight excluding hydrogens is 188 g/mol. The SMILES string of the molecule is c1ccc(CONC2=NCCCC2)cc1. The van der Waals surface area contributed by atoms with Crippen molar-refractivity contribution in [2.75, 3.05) is 6.54 Å². The van der Waals surface area contributed by atoms with E-state index in [1.165, 1.54) is 18.4 Å². The van der Waals surface area contributed by atoms with Gasteiger partial charge >= 0.3 is 0 Å². The molecule has 0 radical (unpaired) electrons. The fourth-order valence-corrected chi connectivity index (χ4v) is 1.56. The van der Waals surface area contributed by atoms with E-state index in [0.29, 0.717) is 6.61 Å². The number of amidine groups is 1. The minimum atomic E-state index is 0.583. The van der Waals surface area contributed by atoms with Gasteiger partial charge in [0.25, 0.3) is 0 Å². The van der Waals surface area contributed by atoms with Crippen molar-refractivity contribution in [3.05, 3.63) is 35.9 Å². The molecule has 0 saturated carbocycles. The van der Waals surface area contributed by atoms with E-state index in [0.717, 1.165) is 18.8 Å². The van der Waals surface area contributed by atoms with E-state index < -0.39 is 0 Å². The molecule has 1 aliphatic heterocycles. The standard InChI is InChI=1S/C12H16N2O/c1-2-6-11(7-3-1)10-15-14-12-8-4-5-9-13-12/h1-3,6-7H,4-5,8-10H2,(H,13,14). The Morgan fingerprint density at radius 2 is 2.07 bits per heavy atom. The molecule has 0 aromatic heterocycles. The third-order valence-corrected chi connectivity index (χ3v) is 2.40. The van der Waals surface area contributed by atoms with Gasteiger partial charge in [-0.3, -0.25) is 15.3 Å². The van der Waals surface area contributed by atoms with Crippen LogP contribution >= 0.6 is 0 Å². The molecule has 1 aromatic rings. The highest BCUT2D eigenvalue weighted by atomic mass is 16.6. The minimum absolute atomic E-state index is 0.583. The predicted molar refractivity (Wildman–Crippen MR) is 60.5 cm³/mol. The lowest BCUT2D eigenvalue weighted by molar-refractivity contribution is 0.0691. The molecule has 1 N–H and O–H groups in total. The Kier molecular flexibility index (Phi) is 3.74. The molecule has 1 aromatic carbocycles. The first-order valence-corrected chi connectivity index (χ1v) is 5.40. The van der Waals surface area contributed by atoms with E-state index in [9.17, 15) is 0 Å². The molecule has 0 fully saturated rings. The Morgan fingerprint density at radius 1 is 1.20 bits per heavy atom. The van der Waals surface area contributed by atoms with Gasteiger partial charge in [-0.15, -0.1) is 0 Å². The first kappa shape index (κ1) is 10.2. The van der Waals surface area contributed by atoms with Crippen molar-refractivity contribution in [3.8, 4) is 0 Å². The predicted octanol–water partition coefficient (Wildman–Crippen LogP) is 2.29. The molecule has 1 aliphatic rings. The van der Waals surface area contributed by atoms with E-state index in [4.69, 9.17) is 4.84 Å². The fourth-order valence-electron chi connectivity index (χ4n) is 1.56. The lowest BCUT2D eigenvalue weighted by Crippen LogP contribution is -2.25. The molecule has 1 heterocycles. The number of nitrogens with one attached hydrogen (secondary N) is 1. The van der Waals surface area contributed by atoms with Crippen molar-refractivity contribution in [3.63, 3.8) is 0 Å². The van der Waals surface area contributed by atoms with Crippen molar-refractivity contribution in [2.24, 2.45) is 4.99 Å². The summed E-state index contributed by atoms with van der Waals surface area (Å²) in [6, 6.07) is 10.1. The van der Waals surface area contributed by atoms with Crippen LogP contribution in [0.3, 0.4) is 0 Å². The molecular formula is C12H16N2O. The van der Waals surface area contributed by atoms with Gasteiger partial charge in [-0.1, -0.05) is 30.3 Å². The summed E-state index contributed by atoms with van der Waals surface area (Å²) in [5.74, 6) is 0.984. The van der Waals surface area contributed by atoms with Crippen LogP contribution in [0.5, 0.6) is 0 Å². The molecule has 0 saturated heterocycles. The van der Waals surface area contributed by atoms with Gasteiger partial charge in [-0.25, -0.2) is 0 Å². The second kappa shape index (κ2) is 5.51. The van der Waals surface area contributed by atoms with Crippen LogP contribution in [-0.2, 0) is 11.4 Å². The molecule has 0 atom stereocenters. The van der Waals surface area contributed by atoms with Crippen LogP contribution in [0.15, 0.2) is 35.3 Å². The molecule has 15 heavy (non-hydrogen) atoms. The van der Waals surface area contributed by atoms with Gasteiger partial charge in [0, 0.05) is 13.0 Å². The van der Waals surface area contributed by atoms with Crippen molar-refractivity contribution in [1.29, 1.82) is 0 Å². The first-order chi connectivity index (χ1) is 7.45. The zero-order valence-corrected chi connectivity index (χ0v) is 8.78. The van der Waals surface area contributed by atoms with Crippen LogP contribution in [0, 0.1) is 0 Å². The van der Waals surface area contributed by atoms with Gasteiger partial charge in [0.05, 0.1) is 6.61 Å². The third-order valence-electron chi connectivity index (χ3n) is 2.40. The summed E-state index contributed by atoms with van der Waals surface area (Å²) in [5, 5.41) is 0. The van der Waals surface area contributed by atoms with Crippen molar-refractivity contribution in [1.82, 2.24) is 5.48 Å². The summed E-state index contributed by atoms with van der Waals surface area (Å²) in [6.45, 7) is 1.51. The van der Waals surface area contributed by atoms with E-state index in [2.05, 4.69) is 10.5 Å². The van der Waals surface area contributed by atoms with Crippen LogP contribution in [0.2, 0.25) is 0 Å². The summed E-state index contributed by atoms with van der Waals surface area (Å²) in [4.78, 5) is 9.72. The number of benzene rings is 1. The molecule has 80 valence electrons. The summed E-state index contributed by atoms with van der Waals surface area (Å²) < 4.78 is 0. The molecule has 3 heteroatoms. The number of aliphatic imine (C=N–C) groups is 1. The Hall–Kier alpha value is -1.35. The molecule has 0 unspecified atom stereocenters. The quantitative estimate of drug-likeness (QED) is 0.766. The summed E-state index contributed by atoms with van der Waals surface area (Å²) in [7, 11) is 0. The highest BCUT2D eigenvalue weighted by Gasteiger charge is 2.03. The smallest absolute Gasteiger partial charge is 0.120 e. The normalized spacial score (nSPS) is 15.9. The number of nitrogens with zero attached hydrogens (tertiary/aromatic N) is 1. The third kappa shape index (κ3) is 3.36.